The molecule has 5 nitrogen and oxygen atoms in total. The number of nitrogens with one attached hydrogen (secondary N) is 2. The average molecular weight is 298 g/mol. The SMILES string of the molecule is CCNc1cc(C(=O)NC2(C)CCCOC2)c(Cl)cn1. The first-order valence-corrected chi connectivity index (χ1v) is 7.21. The number of nitrogens with zero attached hydrogens (tertiary/aromatic N) is 1. The van der Waals surface area contributed by atoms with Crippen LogP contribution in [0, 0.1) is 0 Å². The number of amides is 1. The number of pyridine rings is 1. The summed E-state index contributed by atoms with van der Waals surface area (Å²) in [7, 11) is 0. The number of aromatic nitrogens is 1. The van der Waals surface area contributed by atoms with Crippen LogP contribution in [0.25, 0.3) is 0 Å². The third kappa shape index (κ3) is 3.61. The van der Waals surface area contributed by atoms with E-state index in [0.717, 1.165) is 26.0 Å². The van der Waals surface area contributed by atoms with Gasteiger partial charge in [-0.05, 0) is 32.8 Å². The fourth-order valence-corrected chi connectivity index (χ4v) is 2.45. The minimum absolute atomic E-state index is 0.190. The van der Waals surface area contributed by atoms with Crippen molar-refractivity contribution in [3.8, 4) is 0 Å². The maximum absolute atomic E-state index is 12.4. The summed E-state index contributed by atoms with van der Waals surface area (Å²) < 4.78 is 5.44. The van der Waals surface area contributed by atoms with Crippen LogP contribution < -0.4 is 10.6 Å². The number of halogens is 1. The molecule has 1 aliphatic rings. The molecular weight excluding hydrogens is 278 g/mol. The fourth-order valence-electron chi connectivity index (χ4n) is 2.26. The van der Waals surface area contributed by atoms with Crippen LogP contribution in [0.2, 0.25) is 5.02 Å². The van der Waals surface area contributed by atoms with Crippen LogP contribution in [0.3, 0.4) is 0 Å². The third-order valence-electron chi connectivity index (χ3n) is 3.31. The normalized spacial score (nSPS) is 22.4. The second-order valence-electron chi connectivity index (χ2n) is 5.25. The first kappa shape index (κ1) is 15.1. The summed E-state index contributed by atoms with van der Waals surface area (Å²) in [6, 6.07) is 1.67. The molecular formula is C14H20ClN3O2. The lowest BCUT2D eigenvalue weighted by Crippen LogP contribution is -2.51. The van der Waals surface area contributed by atoms with Gasteiger partial charge in [0.05, 0.1) is 22.7 Å². The summed E-state index contributed by atoms with van der Waals surface area (Å²) in [5.74, 6) is 0.455. The summed E-state index contributed by atoms with van der Waals surface area (Å²) in [4.78, 5) is 16.5. The highest BCUT2D eigenvalue weighted by molar-refractivity contribution is 6.33. The largest absolute Gasteiger partial charge is 0.379 e. The molecule has 0 saturated carbocycles. The molecule has 20 heavy (non-hydrogen) atoms. The maximum atomic E-state index is 12.4. The highest BCUT2D eigenvalue weighted by Gasteiger charge is 2.30. The van der Waals surface area contributed by atoms with Gasteiger partial charge >= 0.3 is 0 Å². The van der Waals surface area contributed by atoms with Gasteiger partial charge in [0.15, 0.2) is 0 Å². The zero-order valence-electron chi connectivity index (χ0n) is 11.8. The van der Waals surface area contributed by atoms with Crippen molar-refractivity contribution in [3.05, 3.63) is 22.8 Å². The molecule has 0 radical (unpaired) electrons. The second kappa shape index (κ2) is 6.41. The predicted molar refractivity (Wildman–Crippen MR) is 79.3 cm³/mol. The maximum Gasteiger partial charge on any atom is 0.253 e. The first-order valence-electron chi connectivity index (χ1n) is 6.84. The van der Waals surface area contributed by atoms with Gasteiger partial charge in [-0.15, -0.1) is 0 Å². The Kier molecular flexibility index (Phi) is 4.83. The molecule has 2 rings (SSSR count). The Morgan fingerprint density at radius 3 is 3.05 bits per heavy atom. The van der Waals surface area contributed by atoms with E-state index in [1.807, 2.05) is 13.8 Å². The van der Waals surface area contributed by atoms with Crippen LogP contribution in [0.1, 0.15) is 37.0 Å². The standard InChI is InChI=1S/C14H20ClN3O2/c1-3-16-12-7-10(11(15)8-17-12)13(19)18-14(2)5-4-6-20-9-14/h7-8H,3-6,9H2,1-2H3,(H,16,17)(H,18,19). The Balaban J connectivity index is 2.13. The highest BCUT2D eigenvalue weighted by atomic mass is 35.5. The van der Waals surface area contributed by atoms with Crippen LogP contribution >= 0.6 is 11.6 Å². The molecule has 2 N–H and O–H groups in total. The summed E-state index contributed by atoms with van der Waals surface area (Å²) in [6.07, 6.45) is 3.35. The molecule has 1 unspecified atom stereocenters. The zero-order valence-corrected chi connectivity index (χ0v) is 12.6. The van der Waals surface area contributed by atoms with Crippen molar-refractivity contribution in [1.29, 1.82) is 0 Å². The second-order valence-corrected chi connectivity index (χ2v) is 5.66. The number of hydrogen-bond donors (Lipinski definition) is 2. The molecule has 1 amide bonds. The Bertz CT molecular complexity index is 487. The van der Waals surface area contributed by atoms with Gasteiger partial charge in [-0.25, -0.2) is 4.98 Å². The van der Waals surface area contributed by atoms with Crippen LogP contribution in [-0.4, -0.2) is 36.2 Å². The molecule has 110 valence electrons. The summed E-state index contributed by atoms with van der Waals surface area (Å²) >= 11 is 6.07. The van der Waals surface area contributed by atoms with Gasteiger partial charge in [-0.3, -0.25) is 4.79 Å². The summed E-state index contributed by atoms with van der Waals surface area (Å²) in [5, 5.41) is 6.44. The van der Waals surface area contributed by atoms with Crippen molar-refractivity contribution in [3.63, 3.8) is 0 Å². The van der Waals surface area contributed by atoms with Crippen LogP contribution in [0.4, 0.5) is 5.82 Å². The third-order valence-corrected chi connectivity index (χ3v) is 3.61. The van der Waals surface area contributed by atoms with Gasteiger partial charge in [0.2, 0.25) is 0 Å². The number of hydrogen-bond acceptors (Lipinski definition) is 4. The molecule has 0 spiro atoms. The Morgan fingerprint density at radius 2 is 2.40 bits per heavy atom. The van der Waals surface area contributed by atoms with E-state index in [1.165, 1.54) is 6.20 Å². The van der Waals surface area contributed by atoms with E-state index < -0.39 is 0 Å². The smallest absolute Gasteiger partial charge is 0.253 e. The van der Waals surface area contributed by atoms with E-state index in [9.17, 15) is 4.79 Å². The molecule has 1 aromatic heterocycles. The molecule has 1 aliphatic heterocycles. The number of ether oxygens (including phenoxy) is 1. The zero-order chi connectivity index (χ0) is 14.6. The van der Waals surface area contributed by atoms with Crippen molar-refractivity contribution in [2.45, 2.75) is 32.2 Å². The van der Waals surface area contributed by atoms with E-state index in [2.05, 4.69) is 15.6 Å². The molecule has 2 heterocycles. The van der Waals surface area contributed by atoms with Crippen molar-refractivity contribution in [2.75, 3.05) is 25.1 Å². The van der Waals surface area contributed by atoms with Gasteiger partial charge in [0.1, 0.15) is 5.82 Å². The summed E-state index contributed by atoms with van der Waals surface area (Å²) in [5.41, 5.74) is 0.102. The highest BCUT2D eigenvalue weighted by Crippen LogP contribution is 2.22. The molecule has 0 aromatic carbocycles. The molecule has 6 heteroatoms. The molecule has 1 atom stereocenters. The topological polar surface area (TPSA) is 63.2 Å². The van der Waals surface area contributed by atoms with Crippen molar-refractivity contribution >= 4 is 23.3 Å². The van der Waals surface area contributed by atoms with Gasteiger partial charge in [-0.1, -0.05) is 11.6 Å². The van der Waals surface area contributed by atoms with Crippen molar-refractivity contribution < 1.29 is 9.53 Å². The van der Waals surface area contributed by atoms with Crippen LogP contribution in [0.5, 0.6) is 0 Å². The van der Waals surface area contributed by atoms with E-state index in [0.29, 0.717) is 23.0 Å². The Morgan fingerprint density at radius 1 is 1.60 bits per heavy atom. The molecule has 1 saturated heterocycles. The lowest BCUT2D eigenvalue weighted by Gasteiger charge is -2.34. The number of rotatable bonds is 4. The lowest BCUT2D eigenvalue weighted by molar-refractivity contribution is 0.0272. The molecule has 1 aromatic rings. The van der Waals surface area contributed by atoms with E-state index >= 15 is 0 Å². The number of carbonyl (C=O) groups excluding carboxylic acids is 1. The van der Waals surface area contributed by atoms with Crippen LogP contribution in [-0.2, 0) is 4.74 Å². The van der Waals surface area contributed by atoms with Gasteiger partial charge in [0.25, 0.3) is 5.91 Å². The van der Waals surface area contributed by atoms with E-state index in [1.54, 1.807) is 6.07 Å². The lowest BCUT2D eigenvalue weighted by atomic mass is 9.94. The minimum Gasteiger partial charge on any atom is -0.379 e. The molecule has 1 fully saturated rings. The fraction of sp³-hybridized carbons (Fsp3) is 0.571. The number of carbonyl (C=O) groups is 1. The van der Waals surface area contributed by atoms with Crippen molar-refractivity contribution in [2.24, 2.45) is 0 Å². The quantitative estimate of drug-likeness (QED) is 0.896. The van der Waals surface area contributed by atoms with Gasteiger partial charge in [-0.2, -0.15) is 0 Å². The number of anilines is 1. The van der Waals surface area contributed by atoms with Gasteiger partial charge < -0.3 is 15.4 Å². The van der Waals surface area contributed by atoms with Gasteiger partial charge in [0, 0.05) is 19.3 Å². The first-order chi connectivity index (χ1) is 9.54. The average Bonchev–Trinajstić information content (AvgIpc) is 2.41. The van der Waals surface area contributed by atoms with Crippen LogP contribution in [0.15, 0.2) is 12.3 Å². The Hall–Kier alpha value is -1.33. The molecule has 0 bridgehead atoms. The monoisotopic (exact) mass is 297 g/mol. The van der Waals surface area contributed by atoms with Crippen molar-refractivity contribution in [1.82, 2.24) is 10.3 Å². The van der Waals surface area contributed by atoms with E-state index in [-0.39, 0.29) is 11.4 Å². The summed E-state index contributed by atoms with van der Waals surface area (Å²) in [6.45, 7) is 5.98. The minimum atomic E-state index is -0.333. The molecule has 0 aliphatic carbocycles. The Labute approximate surface area is 124 Å². The predicted octanol–water partition coefficient (Wildman–Crippen LogP) is 2.47. The van der Waals surface area contributed by atoms with E-state index in [4.69, 9.17) is 16.3 Å².